The second kappa shape index (κ2) is 3.98. The Hall–Kier alpha value is -1.42. The molecule has 0 aliphatic rings. The molecule has 3 nitrogen and oxygen atoms in total. The number of carbonyl (C=O) groups excluding carboxylic acids is 1. The molecule has 0 saturated heterocycles. The largest absolute Gasteiger partial charge is 0.283 e. The van der Waals surface area contributed by atoms with Crippen molar-refractivity contribution in [2.24, 2.45) is 5.84 Å². The van der Waals surface area contributed by atoms with Crippen LogP contribution in [0, 0.1) is 5.82 Å². The van der Waals surface area contributed by atoms with E-state index in [9.17, 15) is 9.18 Å². The molecule has 82 valence electrons. The minimum absolute atomic E-state index is 0.256. The van der Waals surface area contributed by atoms with Crippen molar-refractivity contribution in [2.75, 3.05) is 7.05 Å². The third-order valence-corrected chi connectivity index (χ3v) is 2.40. The average Bonchev–Trinajstić information content (AvgIpc) is 2.16. The molecule has 2 N–H and O–H groups in total. The van der Waals surface area contributed by atoms with Crippen LogP contribution in [-0.4, -0.2) is 18.0 Å². The van der Waals surface area contributed by atoms with Crippen LogP contribution < -0.4 is 5.84 Å². The van der Waals surface area contributed by atoms with Gasteiger partial charge in [-0.3, -0.25) is 9.80 Å². The molecule has 1 rings (SSSR count). The van der Waals surface area contributed by atoms with Crippen LogP contribution in [0.4, 0.5) is 4.39 Å². The van der Waals surface area contributed by atoms with Crippen LogP contribution in [0.3, 0.4) is 0 Å². The molecule has 15 heavy (non-hydrogen) atoms. The minimum Gasteiger partial charge on any atom is -0.283 e. The lowest BCUT2D eigenvalue weighted by Crippen LogP contribution is -2.44. The van der Waals surface area contributed by atoms with E-state index in [1.54, 1.807) is 26.0 Å². The van der Waals surface area contributed by atoms with Crippen molar-refractivity contribution in [3.63, 3.8) is 0 Å². The standard InChI is InChI=1S/C11H15FN2O/c1-11(2,10(15)14(3)13)8-5-4-6-9(12)7-8/h4-7H,13H2,1-3H3. The lowest BCUT2D eigenvalue weighted by atomic mass is 9.83. The Morgan fingerprint density at radius 1 is 1.47 bits per heavy atom. The van der Waals surface area contributed by atoms with Crippen molar-refractivity contribution >= 4 is 5.91 Å². The maximum absolute atomic E-state index is 13.0. The third-order valence-electron chi connectivity index (χ3n) is 2.40. The number of amides is 1. The molecule has 1 amide bonds. The molecule has 0 aliphatic carbocycles. The van der Waals surface area contributed by atoms with Crippen LogP contribution in [0.15, 0.2) is 24.3 Å². The van der Waals surface area contributed by atoms with E-state index in [-0.39, 0.29) is 11.7 Å². The van der Waals surface area contributed by atoms with E-state index in [1.807, 2.05) is 0 Å². The lowest BCUT2D eigenvalue weighted by Gasteiger charge is -2.27. The van der Waals surface area contributed by atoms with Gasteiger partial charge in [0.1, 0.15) is 5.82 Å². The zero-order valence-electron chi connectivity index (χ0n) is 9.12. The van der Waals surface area contributed by atoms with Gasteiger partial charge in [-0.2, -0.15) is 0 Å². The number of halogens is 1. The summed E-state index contributed by atoms with van der Waals surface area (Å²) in [5.41, 5.74) is -0.198. The molecule has 4 heteroatoms. The van der Waals surface area contributed by atoms with E-state index in [4.69, 9.17) is 5.84 Å². The molecular weight excluding hydrogens is 195 g/mol. The highest BCUT2D eigenvalue weighted by Crippen LogP contribution is 2.25. The fourth-order valence-electron chi connectivity index (χ4n) is 1.44. The van der Waals surface area contributed by atoms with E-state index in [2.05, 4.69) is 0 Å². The first-order valence-corrected chi connectivity index (χ1v) is 4.64. The molecule has 0 bridgehead atoms. The van der Waals surface area contributed by atoms with E-state index in [0.717, 1.165) is 5.01 Å². The number of hydrazine groups is 1. The van der Waals surface area contributed by atoms with Gasteiger partial charge in [0.2, 0.25) is 5.91 Å². The summed E-state index contributed by atoms with van der Waals surface area (Å²) in [4.78, 5) is 11.8. The van der Waals surface area contributed by atoms with Gasteiger partial charge >= 0.3 is 0 Å². The Morgan fingerprint density at radius 3 is 2.53 bits per heavy atom. The summed E-state index contributed by atoms with van der Waals surface area (Å²) < 4.78 is 13.0. The van der Waals surface area contributed by atoms with Crippen molar-refractivity contribution < 1.29 is 9.18 Å². The summed E-state index contributed by atoms with van der Waals surface area (Å²) in [6.07, 6.45) is 0. The van der Waals surface area contributed by atoms with E-state index in [0.29, 0.717) is 5.56 Å². The van der Waals surface area contributed by atoms with Gasteiger partial charge in [0, 0.05) is 7.05 Å². The molecule has 0 aliphatic heterocycles. The molecular formula is C11H15FN2O. The Morgan fingerprint density at radius 2 is 2.07 bits per heavy atom. The normalized spacial score (nSPS) is 11.3. The number of nitrogens with two attached hydrogens (primary N) is 1. The SMILES string of the molecule is CN(N)C(=O)C(C)(C)c1cccc(F)c1. The molecule has 0 unspecified atom stereocenters. The summed E-state index contributed by atoms with van der Waals surface area (Å²) in [6.45, 7) is 3.43. The first kappa shape index (κ1) is 11.7. The first-order chi connectivity index (χ1) is 6.85. The predicted octanol–water partition coefficient (Wildman–Crippen LogP) is 1.44. The van der Waals surface area contributed by atoms with Crippen LogP contribution in [0.1, 0.15) is 19.4 Å². The quantitative estimate of drug-likeness (QED) is 0.456. The molecule has 1 aromatic rings. The van der Waals surface area contributed by atoms with Gasteiger partial charge in [-0.1, -0.05) is 12.1 Å². The molecule has 0 atom stereocenters. The highest BCUT2D eigenvalue weighted by atomic mass is 19.1. The molecule has 0 spiro atoms. The van der Waals surface area contributed by atoms with Crippen molar-refractivity contribution in [1.82, 2.24) is 5.01 Å². The Kier molecular flexibility index (Phi) is 3.09. The predicted molar refractivity (Wildman–Crippen MR) is 56.4 cm³/mol. The summed E-state index contributed by atoms with van der Waals surface area (Å²) >= 11 is 0. The zero-order chi connectivity index (χ0) is 11.6. The summed E-state index contributed by atoms with van der Waals surface area (Å²) in [6, 6.07) is 5.98. The van der Waals surface area contributed by atoms with E-state index < -0.39 is 5.41 Å². The molecule has 0 fully saturated rings. The second-order valence-corrected chi connectivity index (χ2v) is 4.05. The summed E-state index contributed by atoms with van der Waals surface area (Å²) in [5, 5.41) is 1.02. The number of nitrogens with zero attached hydrogens (tertiary/aromatic N) is 1. The fraction of sp³-hybridized carbons (Fsp3) is 0.364. The van der Waals surface area contributed by atoms with Gasteiger partial charge in [-0.15, -0.1) is 0 Å². The Labute approximate surface area is 88.7 Å². The molecule has 0 heterocycles. The van der Waals surface area contributed by atoms with E-state index in [1.165, 1.54) is 19.2 Å². The van der Waals surface area contributed by atoms with Crippen molar-refractivity contribution in [3.8, 4) is 0 Å². The molecule has 0 saturated carbocycles. The number of hydrogen-bond donors (Lipinski definition) is 1. The zero-order valence-corrected chi connectivity index (χ0v) is 9.12. The van der Waals surface area contributed by atoms with Crippen LogP contribution in [0.2, 0.25) is 0 Å². The van der Waals surface area contributed by atoms with Crippen LogP contribution in [-0.2, 0) is 10.2 Å². The lowest BCUT2D eigenvalue weighted by molar-refractivity contribution is -0.135. The average molecular weight is 210 g/mol. The van der Waals surface area contributed by atoms with Gasteiger partial charge in [0.15, 0.2) is 0 Å². The maximum atomic E-state index is 13.0. The molecule has 1 aromatic carbocycles. The van der Waals surface area contributed by atoms with Crippen LogP contribution in [0.5, 0.6) is 0 Å². The van der Waals surface area contributed by atoms with Crippen LogP contribution >= 0.6 is 0 Å². The van der Waals surface area contributed by atoms with Gasteiger partial charge in [0.25, 0.3) is 0 Å². The second-order valence-electron chi connectivity index (χ2n) is 4.05. The third kappa shape index (κ3) is 2.33. The topological polar surface area (TPSA) is 46.3 Å². The number of carbonyl (C=O) groups is 1. The smallest absolute Gasteiger partial charge is 0.246 e. The highest BCUT2D eigenvalue weighted by molar-refractivity contribution is 5.86. The maximum Gasteiger partial charge on any atom is 0.246 e. The fourth-order valence-corrected chi connectivity index (χ4v) is 1.44. The monoisotopic (exact) mass is 210 g/mol. The number of hydrogen-bond acceptors (Lipinski definition) is 2. The van der Waals surface area contributed by atoms with Crippen molar-refractivity contribution in [3.05, 3.63) is 35.6 Å². The van der Waals surface area contributed by atoms with Crippen LogP contribution in [0.25, 0.3) is 0 Å². The van der Waals surface area contributed by atoms with Gasteiger partial charge in [-0.25, -0.2) is 10.2 Å². The van der Waals surface area contributed by atoms with E-state index >= 15 is 0 Å². The number of benzene rings is 1. The molecule has 0 radical (unpaired) electrons. The molecule has 0 aromatic heterocycles. The van der Waals surface area contributed by atoms with Crippen molar-refractivity contribution in [2.45, 2.75) is 19.3 Å². The first-order valence-electron chi connectivity index (χ1n) is 4.64. The van der Waals surface area contributed by atoms with Gasteiger partial charge < -0.3 is 0 Å². The Balaban J connectivity index is 3.10. The van der Waals surface area contributed by atoms with Gasteiger partial charge in [0.05, 0.1) is 5.41 Å². The number of rotatable bonds is 2. The Bertz CT molecular complexity index is 375. The highest BCUT2D eigenvalue weighted by Gasteiger charge is 2.31. The summed E-state index contributed by atoms with van der Waals surface area (Å²) in [7, 11) is 1.48. The number of likely N-dealkylation sites (N-methyl/N-ethyl adjacent to an activating group) is 1. The summed E-state index contributed by atoms with van der Waals surface area (Å²) in [5.74, 6) is 4.78. The van der Waals surface area contributed by atoms with Gasteiger partial charge in [-0.05, 0) is 31.5 Å². The van der Waals surface area contributed by atoms with Crippen molar-refractivity contribution in [1.29, 1.82) is 0 Å². The minimum atomic E-state index is -0.814.